The maximum absolute atomic E-state index is 12.8. The fourth-order valence-electron chi connectivity index (χ4n) is 2.50. The fraction of sp³-hybridized carbons (Fsp3) is 0.789. The highest BCUT2D eigenvalue weighted by Gasteiger charge is 2.33. The van der Waals surface area contributed by atoms with Crippen LogP contribution in [0, 0.1) is 11.8 Å². The Labute approximate surface area is 182 Å². The molecule has 0 aromatic rings. The number of hydrogen-bond acceptors (Lipinski definition) is 7. The number of amides is 3. The van der Waals surface area contributed by atoms with Crippen LogP contribution in [0.2, 0.25) is 0 Å². The van der Waals surface area contributed by atoms with Crippen molar-refractivity contribution in [2.24, 2.45) is 17.6 Å². The van der Waals surface area contributed by atoms with E-state index < -0.39 is 54.0 Å². The molecule has 0 aliphatic heterocycles. The number of carbonyl (C=O) groups excluding carboxylic acids is 3. The first-order chi connectivity index (χ1) is 13.8. The highest BCUT2D eigenvalue weighted by Crippen LogP contribution is 2.08. The average molecular weight is 449 g/mol. The van der Waals surface area contributed by atoms with E-state index in [1.54, 1.807) is 27.7 Å². The highest BCUT2D eigenvalue weighted by molar-refractivity contribution is 7.98. The van der Waals surface area contributed by atoms with Gasteiger partial charge in [-0.25, -0.2) is 4.79 Å². The second kappa shape index (κ2) is 13.5. The molecule has 0 heterocycles. The molecular weight excluding hydrogens is 412 g/mol. The Morgan fingerprint density at radius 1 is 0.867 bits per heavy atom. The predicted molar refractivity (Wildman–Crippen MR) is 116 cm³/mol. The molecule has 0 aromatic heterocycles. The first-order valence-electron chi connectivity index (χ1n) is 9.89. The first kappa shape index (κ1) is 28.1. The standard InChI is InChI=1S/C19H36N4O6S/c1-9(2)13(20)17(26)21-12(7-8-30-6)16(25)22-14(10(3)4)18(27)23-15(11(5)24)19(28)29/h9-15,24H,7-8,20H2,1-6H3,(H,21,26)(H,22,25)(H,23,27)(H,28,29). The van der Waals surface area contributed by atoms with E-state index in [4.69, 9.17) is 10.8 Å². The monoisotopic (exact) mass is 448 g/mol. The van der Waals surface area contributed by atoms with E-state index in [9.17, 15) is 24.3 Å². The van der Waals surface area contributed by atoms with Crippen LogP contribution in [0.1, 0.15) is 41.0 Å². The second-order valence-electron chi connectivity index (χ2n) is 7.91. The summed E-state index contributed by atoms with van der Waals surface area (Å²) in [5.41, 5.74) is 5.85. The molecule has 0 saturated carbocycles. The zero-order valence-corrected chi connectivity index (χ0v) is 19.3. The summed E-state index contributed by atoms with van der Waals surface area (Å²) in [4.78, 5) is 49.0. The van der Waals surface area contributed by atoms with Crippen LogP contribution in [0.5, 0.6) is 0 Å². The van der Waals surface area contributed by atoms with E-state index in [2.05, 4.69) is 16.0 Å². The molecule has 0 aliphatic carbocycles. The molecule has 0 rings (SSSR count). The Kier molecular flexibility index (Phi) is 12.6. The van der Waals surface area contributed by atoms with Crippen LogP contribution in [-0.4, -0.2) is 76.2 Å². The summed E-state index contributed by atoms with van der Waals surface area (Å²) in [5.74, 6) is -3.04. The van der Waals surface area contributed by atoms with Crippen molar-refractivity contribution >= 4 is 35.5 Å². The largest absolute Gasteiger partial charge is 0.480 e. The lowest BCUT2D eigenvalue weighted by atomic mass is 10.0. The van der Waals surface area contributed by atoms with Gasteiger partial charge in [0.2, 0.25) is 17.7 Å². The van der Waals surface area contributed by atoms with Gasteiger partial charge >= 0.3 is 5.97 Å². The topological polar surface area (TPSA) is 171 Å². The SMILES string of the molecule is CSCCC(NC(=O)C(N)C(C)C)C(=O)NC(C(=O)NC(C(=O)O)C(C)O)C(C)C. The normalized spacial score (nSPS) is 16.3. The lowest BCUT2D eigenvalue weighted by Gasteiger charge is -2.27. The summed E-state index contributed by atoms with van der Waals surface area (Å²) in [7, 11) is 0. The van der Waals surface area contributed by atoms with E-state index in [1.807, 2.05) is 6.26 Å². The van der Waals surface area contributed by atoms with E-state index in [0.29, 0.717) is 12.2 Å². The van der Waals surface area contributed by atoms with E-state index in [0.717, 1.165) is 0 Å². The smallest absolute Gasteiger partial charge is 0.328 e. The number of carbonyl (C=O) groups is 4. The molecule has 0 saturated heterocycles. The summed E-state index contributed by atoms with van der Waals surface area (Å²) in [5, 5.41) is 26.2. The maximum Gasteiger partial charge on any atom is 0.328 e. The summed E-state index contributed by atoms with van der Waals surface area (Å²) >= 11 is 1.50. The Balaban J connectivity index is 5.38. The number of hydrogen-bond donors (Lipinski definition) is 6. The van der Waals surface area contributed by atoms with Crippen molar-refractivity contribution in [3.05, 3.63) is 0 Å². The minimum absolute atomic E-state index is 0.114. The van der Waals surface area contributed by atoms with Crippen LogP contribution in [0.3, 0.4) is 0 Å². The van der Waals surface area contributed by atoms with Crippen LogP contribution in [0.25, 0.3) is 0 Å². The van der Waals surface area contributed by atoms with Gasteiger partial charge in [-0.1, -0.05) is 27.7 Å². The molecule has 11 heteroatoms. The van der Waals surface area contributed by atoms with Gasteiger partial charge in [-0.05, 0) is 37.2 Å². The fourth-order valence-corrected chi connectivity index (χ4v) is 2.97. The van der Waals surface area contributed by atoms with Crippen LogP contribution < -0.4 is 21.7 Å². The van der Waals surface area contributed by atoms with Crippen molar-refractivity contribution < 1.29 is 29.4 Å². The van der Waals surface area contributed by atoms with E-state index in [1.165, 1.54) is 18.7 Å². The third-order valence-corrected chi connectivity index (χ3v) is 5.20. The van der Waals surface area contributed by atoms with Crippen molar-refractivity contribution in [1.82, 2.24) is 16.0 Å². The molecule has 30 heavy (non-hydrogen) atoms. The van der Waals surface area contributed by atoms with Gasteiger partial charge in [-0.3, -0.25) is 14.4 Å². The molecule has 0 bridgehead atoms. The molecule has 174 valence electrons. The summed E-state index contributed by atoms with van der Waals surface area (Å²) in [6, 6.07) is -4.23. The van der Waals surface area contributed by atoms with Gasteiger partial charge in [0.05, 0.1) is 12.1 Å². The molecule has 0 spiro atoms. The Morgan fingerprint density at radius 3 is 1.80 bits per heavy atom. The molecule has 10 nitrogen and oxygen atoms in total. The van der Waals surface area contributed by atoms with Crippen molar-refractivity contribution in [2.45, 2.75) is 71.3 Å². The van der Waals surface area contributed by atoms with Crippen molar-refractivity contribution in [3.63, 3.8) is 0 Å². The molecule has 0 aliphatic rings. The molecule has 0 radical (unpaired) electrons. The Morgan fingerprint density at radius 2 is 1.40 bits per heavy atom. The maximum atomic E-state index is 12.8. The second-order valence-corrected chi connectivity index (χ2v) is 8.89. The van der Waals surface area contributed by atoms with E-state index in [-0.39, 0.29) is 11.8 Å². The number of rotatable bonds is 13. The summed E-state index contributed by atoms with van der Waals surface area (Å²) < 4.78 is 0. The van der Waals surface area contributed by atoms with Crippen molar-refractivity contribution in [3.8, 4) is 0 Å². The lowest BCUT2D eigenvalue weighted by Crippen LogP contribution is -2.59. The number of aliphatic hydroxyl groups is 1. The number of aliphatic carboxylic acids is 1. The number of thioether (sulfide) groups is 1. The minimum atomic E-state index is -1.51. The average Bonchev–Trinajstić information content (AvgIpc) is 2.64. The van der Waals surface area contributed by atoms with Gasteiger partial charge in [0.1, 0.15) is 12.1 Å². The highest BCUT2D eigenvalue weighted by atomic mass is 32.2. The van der Waals surface area contributed by atoms with Crippen molar-refractivity contribution in [1.29, 1.82) is 0 Å². The molecule has 5 atom stereocenters. The van der Waals surface area contributed by atoms with Crippen LogP contribution in [0.15, 0.2) is 0 Å². The minimum Gasteiger partial charge on any atom is -0.480 e. The third-order valence-electron chi connectivity index (χ3n) is 4.56. The number of aliphatic hydroxyl groups excluding tert-OH is 1. The summed E-state index contributed by atoms with van der Waals surface area (Å²) in [6.07, 6.45) is 0.881. The van der Waals surface area contributed by atoms with Crippen LogP contribution in [0.4, 0.5) is 0 Å². The predicted octanol–water partition coefficient (Wildman–Crippen LogP) is -0.701. The molecule has 3 amide bonds. The molecule has 5 unspecified atom stereocenters. The molecule has 0 fully saturated rings. The van der Waals surface area contributed by atoms with Crippen LogP contribution >= 0.6 is 11.8 Å². The number of carboxylic acid groups (broad SMARTS) is 1. The lowest BCUT2D eigenvalue weighted by molar-refractivity contribution is -0.145. The van der Waals surface area contributed by atoms with Gasteiger partial charge in [0.25, 0.3) is 0 Å². The van der Waals surface area contributed by atoms with Gasteiger partial charge in [-0.2, -0.15) is 11.8 Å². The van der Waals surface area contributed by atoms with Gasteiger partial charge in [0, 0.05) is 0 Å². The van der Waals surface area contributed by atoms with Crippen LogP contribution in [-0.2, 0) is 19.2 Å². The zero-order valence-electron chi connectivity index (χ0n) is 18.5. The molecule has 0 aromatic carbocycles. The molecular formula is C19H36N4O6S. The first-order valence-corrected chi connectivity index (χ1v) is 11.3. The van der Waals surface area contributed by atoms with Gasteiger partial charge in [-0.15, -0.1) is 0 Å². The third kappa shape index (κ3) is 9.31. The van der Waals surface area contributed by atoms with Gasteiger partial charge in [0.15, 0.2) is 6.04 Å². The number of nitrogens with one attached hydrogen (secondary N) is 3. The summed E-state index contributed by atoms with van der Waals surface area (Å²) in [6.45, 7) is 8.20. The van der Waals surface area contributed by atoms with E-state index >= 15 is 0 Å². The van der Waals surface area contributed by atoms with Crippen molar-refractivity contribution in [2.75, 3.05) is 12.0 Å². The number of carboxylic acids is 1. The molecule has 7 N–H and O–H groups in total. The zero-order chi connectivity index (χ0) is 23.6. The quantitative estimate of drug-likeness (QED) is 0.215. The number of nitrogens with two attached hydrogens (primary N) is 1. The Bertz CT molecular complexity index is 600. The Hall–Kier alpha value is -1.85. The van der Waals surface area contributed by atoms with Gasteiger partial charge < -0.3 is 31.9 Å².